The molecular formula is C28H39N3O3. The molecule has 5 rings (SSSR count). The van der Waals surface area contributed by atoms with Crippen LogP contribution in [0.5, 0.6) is 0 Å². The van der Waals surface area contributed by atoms with Crippen LogP contribution in [-0.2, 0) is 4.74 Å². The number of aromatic nitrogens is 2. The Morgan fingerprint density at radius 2 is 1.41 bits per heavy atom. The Morgan fingerprint density at radius 3 is 2.03 bits per heavy atom. The zero-order valence-corrected chi connectivity index (χ0v) is 20.6. The number of hydrogen-bond donors (Lipinski definition) is 0. The Morgan fingerprint density at radius 1 is 0.824 bits per heavy atom. The first-order chi connectivity index (χ1) is 16.7. The lowest BCUT2D eigenvalue weighted by atomic mass is 9.91. The van der Waals surface area contributed by atoms with Gasteiger partial charge in [0.15, 0.2) is 0 Å². The van der Waals surface area contributed by atoms with Crippen LogP contribution >= 0.6 is 0 Å². The summed E-state index contributed by atoms with van der Waals surface area (Å²) in [5.74, 6) is -0.651. The fourth-order valence-electron chi connectivity index (χ4n) is 7.00. The molecule has 1 aromatic heterocycles. The number of carbonyl (C=O) groups is 1. The fourth-order valence-corrected chi connectivity index (χ4v) is 7.00. The number of ether oxygens (including phenoxy) is 1. The van der Waals surface area contributed by atoms with Crippen molar-refractivity contribution in [3.63, 3.8) is 0 Å². The Kier molecular flexibility index (Phi) is 7.33. The number of piperidine rings is 1. The van der Waals surface area contributed by atoms with Crippen LogP contribution in [0.25, 0.3) is 11.0 Å². The van der Waals surface area contributed by atoms with Gasteiger partial charge in [0.1, 0.15) is 0 Å². The van der Waals surface area contributed by atoms with Crippen molar-refractivity contribution in [1.82, 2.24) is 14.5 Å². The van der Waals surface area contributed by atoms with Crippen LogP contribution in [0.3, 0.4) is 0 Å². The Balaban J connectivity index is 1.42. The van der Waals surface area contributed by atoms with Crippen LogP contribution in [0, 0.1) is 0 Å². The van der Waals surface area contributed by atoms with Gasteiger partial charge in [-0.05, 0) is 50.7 Å². The van der Waals surface area contributed by atoms with Crippen LogP contribution in [0.4, 0.5) is 0 Å². The molecule has 1 aliphatic carbocycles. The molecule has 34 heavy (non-hydrogen) atoms. The summed E-state index contributed by atoms with van der Waals surface area (Å²) in [6.45, 7) is 0. The average molecular weight is 466 g/mol. The first kappa shape index (κ1) is 23.5. The molecular weight excluding hydrogens is 426 g/mol. The predicted molar refractivity (Wildman–Crippen MR) is 134 cm³/mol. The molecule has 3 atom stereocenters. The zero-order valence-electron chi connectivity index (χ0n) is 20.6. The highest BCUT2D eigenvalue weighted by Crippen LogP contribution is 2.44. The SMILES string of the molecule is COC(=O)c1nc2ccccc2n(C2C[C@H]3CC[C@@H](C2)N3C2CCCCCCCCCC2)c1=O. The third kappa shape index (κ3) is 4.66. The third-order valence-electron chi connectivity index (χ3n) is 8.55. The number of fused-ring (bicyclic) bond motifs is 3. The van der Waals surface area contributed by atoms with Gasteiger partial charge in [0.05, 0.1) is 18.1 Å². The number of carbonyl (C=O) groups excluding carboxylic acids is 1. The van der Waals surface area contributed by atoms with Crippen LogP contribution < -0.4 is 5.56 Å². The molecule has 0 amide bonds. The minimum atomic E-state index is -0.651. The van der Waals surface area contributed by atoms with Gasteiger partial charge >= 0.3 is 5.97 Å². The Hall–Kier alpha value is -2.21. The van der Waals surface area contributed by atoms with Crippen LogP contribution in [0.1, 0.15) is 106 Å². The number of esters is 1. The maximum Gasteiger partial charge on any atom is 0.362 e. The second-order valence-corrected chi connectivity index (χ2v) is 10.6. The van der Waals surface area contributed by atoms with Crippen molar-refractivity contribution in [2.45, 2.75) is 114 Å². The molecule has 6 nitrogen and oxygen atoms in total. The molecule has 1 saturated carbocycles. The summed E-state index contributed by atoms with van der Waals surface area (Å²) in [7, 11) is 1.31. The monoisotopic (exact) mass is 465 g/mol. The molecule has 0 radical (unpaired) electrons. The van der Waals surface area contributed by atoms with Crippen LogP contribution in [0.2, 0.25) is 0 Å². The van der Waals surface area contributed by atoms with E-state index in [1.165, 1.54) is 84.2 Å². The molecule has 3 heterocycles. The summed E-state index contributed by atoms with van der Waals surface area (Å²) in [6, 6.07) is 9.53. The molecule has 3 aliphatic rings. The summed E-state index contributed by atoms with van der Waals surface area (Å²) < 4.78 is 6.76. The van der Waals surface area contributed by atoms with Gasteiger partial charge < -0.3 is 9.30 Å². The minimum Gasteiger partial charge on any atom is -0.464 e. The van der Waals surface area contributed by atoms with Gasteiger partial charge in [-0.1, -0.05) is 63.5 Å². The summed E-state index contributed by atoms with van der Waals surface area (Å²) in [5, 5.41) is 0. The number of hydrogen-bond acceptors (Lipinski definition) is 5. The van der Waals surface area contributed by atoms with Gasteiger partial charge in [-0.25, -0.2) is 9.78 Å². The maximum atomic E-state index is 13.5. The molecule has 0 spiro atoms. The van der Waals surface area contributed by atoms with Crippen molar-refractivity contribution < 1.29 is 9.53 Å². The van der Waals surface area contributed by atoms with E-state index in [0.29, 0.717) is 23.6 Å². The second kappa shape index (κ2) is 10.6. The van der Waals surface area contributed by atoms with E-state index in [0.717, 1.165) is 18.4 Å². The van der Waals surface area contributed by atoms with Crippen molar-refractivity contribution in [1.29, 1.82) is 0 Å². The van der Waals surface area contributed by atoms with Crippen molar-refractivity contribution >= 4 is 17.0 Å². The summed E-state index contributed by atoms with van der Waals surface area (Å²) in [5.41, 5.74) is 1.10. The van der Waals surface area contributed by atoms with E-state index in [2.05, 4.69) is 9.88 Å². The summed E-state index contributed by atoms with van der Waals surface area (Å²) >= 11 is 0. The number of methoxy groups -OCH3 is 1. The average Bonchev–Trinajstić information content (AvgIpc) is 3.09. The predicted octanol–water partition coefficient (Wildman–Crippen LogP) is 5.63. The third-order valence-corrected chi connectivity index (χ3v) is 8.55. The van der Waals surface area contributed by atoms with Crippen LogP contribution in [-0.4, -0.2) is 45.7 Å². The number of benzene rings is 1. The van der Waals surface area contributed by atoms with E-state index in [9.17, 15) is 9.59 Å². The number of rotatable bonds is 3. The summed E-state index contributed by atoms with van der Waals surface area (Å²) in [6.07, 6.45) is 18.1. The smallest absolute Gasteiger partial charge is 0.362 e. The minimum absolute atomic E-state index is 0.0975. The van der Waals surface area contributed by atoms with E-state index < -0.39 is 5.97 Å². The molecule has 1 unspecified atom stereocenters. The molecule has 0 N–H and O–H groups in total. The maximum absolute atomic E-state index is 13.5. The Bertz CT molecular complexity index is 1040. The fraction of sp³-hybridized carbons (Fsp3) is 0.679. The van der Waals surface area contributed by atoms with E-state index in [4.69, 9.17) is 4.74 Å². The molecule has 6 heteroatoms. The van der Waals surface area contributed by atoms with Gasteiger partial charge in [0.2, 0.25) is 5.69 Å². The van der Waals surface area contributed by atoms with Crippen LogP contribution in [0.15, 0.2) is 29.1 Å². The molecule has 184 valence electrons. The molecule has 3 fully saturated rings. The normalized spacial score (nSPS) is 27.4. The highest BCUT2D eigenvalue weighted by Gasteiger charge is 2.44. The van der Waals surface area contributed by atoms with Gasteiger partial charge in [-0.15, -0.1) is 0 Å². The van der Waals surface area contributed by atoms with E-state index in [1.54, 1.807) is 0 Å². The number of nitrogens with zero attached hydrogens (tertiary/aromatic N) is 3. The molecule has 2 bridgehead atoms. The quantitative estimate of drug-likeness (QED) is 0.549. The largest absolute Gasteiger partial charge is 0.464 e. The van der Waals surface area contributed by atoms with E-state index in [-0.39, 0.29) is 17.3 Å². The number of para-hydroxylation sites is 2. The van der Waals surface area contributed by atoms with Gasteiger partial charge in [-0.3, -0.25) is 9.69 Å². The lowest BCUT2D eigenvalue weighted by molar-refractivity contribution is 0.0511. The first-order valence-electron chi connectivity index (χ1n) is 13.5. The lowest BCUT2D eigenvalue weighted by Crippen LogP contribution is -2.50. The first-order valence-corrected chi connectivity index (χ1v) is 13.5. The molecule has 2 aromatic rings. The van der Waals surface area contributed by atoms with E-state index in [1.807, 2.05) is 28.8 Å². The van der Waals surface area contributed by atoms with E-state index >= 15 is 0 Å². The van der Waals surface area contributed by atoms with Crippen molar-refractivity contribution in [3.05, 3.63) is 40.3 Å². The van der Waals surface area contributed by atoms with Crippen molar-refractivity contribution in [2.75, 3.05) is 7.11 Å². The highest BCUT2D eigenvalue weighted by atomic mass is 16.5. The second-order valence-electron chi connectivity index (χ2n) is 10.6. The highest BCUT2D eigenvalue weighted by molar-refractivity contribution is 5.89. The summed E-state index contributed by atoms with van der Waals surface area (Å²) in [4.78, 5) is 33.0. The van der Waals surface area contributed by atoms with Gasteiger partial charge in [0.25, 0.3) is 5.56 Å². The van der Waals surface area contributed by atoms with Crippen molar-refractivity contribution in [3.8, 4) is 0 Å². The molecule has 1 aromatic carbocycles. The zero-order chi connectivity index (χ0) is 23.5. The lowest BCUT2D eigenvalue weighted by Gasteiger charge is -2.44. The van der Waals surface area contributed by atoms with Gasteiger partial charge in [-0.2, -0.15) is 0 Å². The van der Waals surface area contributed by atoms with Crippen molar-refractivity contribution in [2.24, 2.45) is 0 Å². The standard InChI is InChI=1S/C28H39N3O3/c1-34-28(33)26-27(32)31(25-15-11-10-14-24(25)29-26)23-18-21-16-17-22(19-23)30(21)20-12-8-6-4-2-3-5-7-9-13-20/h10-11,14-15,20-23H,2-9,12-13,16-19H2,1H3/t21-,22+,23?. The topological polar surface area (TPSA) is 64.4 Å². The van der Waals surface area contributed by atoms with Gasteiger partial charge in [0, 0.05) is 24.2 Å². The Labute approximate surface area is 202 Å². The molecule has 2 aliphatic heterocycles. The molecule has 2 saturated heterocycles.